The van der Waals surface area contributed by atoms with Crippen molar-refractivity contribution < 1.29 is 18.7 Å². The lowest BCUT2D eigenvalue weighted by molar-refractivity contribution is -0.153. The Morgan fingerprint density at radius 1 is 1.06 bits per heavy atom. The van der Waals surface area contributed by atoms with Crippen LogP contribution in [-0.2, 0) is 20.9 Å². The Balaban J connectivity index is 1.58. The number of benzene rings is 1. The SMILES string of the molecule is COCCN(CC(N)=O)CC(=O)N(Cc1ccc(F)cc1)C12CC3CC(CC(C3)C1)C2. The summed E-state index contributed by atoms with van der Waals surface area (Å²) in [5, 5.41) is 0. The molecule has 0 aliphatic heterocycles. The van der Waals surface area contributed by atoms with Gasteiger partial charge < -0.3 is 15.4 Å². The maximum absolute atomic E-state index is 13.7. The number of carbonyl (C=O) groups is 2. The lowest BCUT2D eigenvalue weighted by atomic mass is 9.52. The van der Waals surface area contributed by atoms with E-state index in [0.717, 1.165) is 24.8 Å². The van der Waals surface area contributed by atoms with Gasteiger partial charge in [0.05, 0.1) is 19.7 Å². The van der Waals surface area contributed by atoms with Crippen LogP contribution in [0.25, 0.3) is 0 Å². The van der Waals surface area contributed by atoms with Gasteiger partial charge in [0.15, 0.2) is 0 Å². The first-order chi connectivity index (χ1) is 14.9. The molecule has 31 heavy (non-hydrogen) atoms. The Kier molecular flexibility index (Phi) is 6.63. The molecular formula is C24H34FN3O3. The van der Waals surface area contributed by atoms with E-state index in [4.69, 9.17) is 10.5 Å². The highest BCUT2D eigenvalue weighted by Crippen LogP contribution is 2.58. The molecule has 4 aliphatic rings. The van der Waals surface area contributed by atoms with Gasteiger partial charge in [-0.2, -0.15) is 0 Å². The number of nitrogens with zero attached hydrogens (tertiary/aromatic N) is 2. The Morgan fingerprint density at radius 2 is 1.65 bits per heavy atom. The van der Waals surface area contributed by atoms with E-state index in [1.807, 2.05) is 0 Å². The number of rotatable bonds is 10. The van der Waals surface area contributed by atoms with Crippen molar-refractivity contribution >= 4 is 11.8 Å². The van der Waals surface area contributed by atoms with Crippen molar-refractivity contribution in [2.45, 2.75) is 50.6 Å². The number of halogens is 1. The van der Waals surface area contributed by atoms with Gasteiger partial charge in [-0.25, -0.2) is 4.39 Å². The van der Waals surface area contributed by atoms with Crippen LogP contribution >= 0.6 is 0 Å². The molecule has 1 aromatic carbocycles. The molecule has 4 saturated carbocycles. The minimum atomic E-state index is -0.455. The van der Waals surface area contributed by atoms with E-state index in [0.29, 0.717) is 37.5 Å². The van der Waals surface area contributed by atoms with Crippen LogP contribution in [0.2, 0.25) is 0 Å². The van der Waals surface area contributed by atoms with E-state index in [1.165, 1.54) is 31.4 Å². The molecule has 0 atom stereocenters. The second kappa shape index (κ2) is 9.25. The fourth-order valence-corrected chi connectivity index (χ4v) is 6.62. The van der Waals surface area contributed by atoms with E-state index in [-0.39, 0.29) is 30.4 Å². The van der Waals surface area contributed by atoms with Crippen LogP contribution in [0, 0.1) is 23.6 Å². The van der Waals surface area contributed by atoms with Crippen LogP contribution < -0.4 is 5.73 Å². The second-order valence-electron chi connectivity index (χ2n) is 9.92. The van der Waals surface area contributed by atoms with E-state index in [9.17, 15) is 14.0 Å². The highest BCUT2D eigenvalue weighted by molar-refractivity contribution is 5.81. The molecule has 6 nitrogen and oxygen atoms in total. The zero-order valence-electron chi connectivity index (χ0n) is 18.4. The molecule has 0 radical (unpaired) electrons. The van der Waals surface area contributed by atoms with Crippen LogP contribution in [0.4, 0.5) is 4.39 Å². The van der Waals surface area contributed by atoms with Gasteiger partial charge in [0.1, 0.15) is 5.82 Å². The number of nitrogens with two attached hydrogens (primary N) is 1. The quantitative estimate of drug-likeness (QED) is 0.618. The first kappa shape index (κ1) is 22.2. The van der Waals surface area contributed by atoms with Gasteiger partial charge in [-0.05, 0) is 74.0 Å². The van der Waals surface area contributed by atoms with E-state index < -0.39 is 5.91 Å². The summed E-state index contributed by atoms with van der Waals surface area (Å²) in [4.78, 5) is 29.1. The van der Waals surface area contributed by atoms with Crippen LogP contribution in [-0.4, -0.2) is 60.5 Å². The zero-order valence-corrected chi connectivity index (χ0v) is 18.4. The van der Waals surface area contributed by atoms with Gasteiger partial charge in [-0.1, -0.05) is 12.1 Å². The molecule has 2 amide bonds. The largest absolute Gasteiger partial charge is 0.383 e. The maximum Gasteiger partial charge on any atom is 0.237 e. The lowest BCUT2D eigenvalue weighted by Crippen LogP contribution is -2.62. The topological polar surface area (TPSA) is 75.9 Å². The Bertz CT molecular complexity index is 762. The Labute approximate surface area is 183 Å². The Hall–Kier alpha value is -1.99. The van der Waals surface area contributed by atoms with Crippen molar-refractivity contribution in [3.8, 4) is 0 Å². The fourth-order valence-electron chi connectivity index (χ4n) is 6.62. The first-order valence-corrected chi connectivity index (χ1v) is 11.4. The molecule has 0 aromatic heterocycles. The highest BCUT2D eigenvalue weighted by atomic mass is 19.1. The minimum absolute atomic E-state index is 0.0172. The molecule has 0 unspecified atom stereocenters. The molecular weight excluding hydrogens is 397 g/mol. The molecule has 0 saturated heterocycles. The molecule has 7 heteroatoms. The maximum atomic E-state index is 13.7. The molecule has 0 spiro atoms. The number of carbonyl (C=O) groups excluding carboxylic acids is 2. The normalized spacial score (nSPS) is 28.8. The molecule has 0 heterocycles. The number of methoxy groups -OCH3 is 1. The van der Waals surface area contributed by atoms with E-state index in [1.54, 1.807) is 24.1 Å². The smallest absolute Gasteiger partial charge is 0.237 e. The highest BCUT2D eigenvalue weighted by Gasteiger charge is 2.54. The van der Waals surface area contributed by atoms with Gasteiger partial charge in [0.2, 0.25) is 11.8 Å². The van der Waals surface area contributed by atoms with Gasteiger partial charge in [-0.15, -0.1) is 0 Å². The summed E-state index contributed by atoms with van der Waals surface area (Å²) >= 11 is 0. The summed E-state index contributed by atoms with van der Waals surface area (Å²) in [6.07, 6.45) is 7.04. The molecule has 5 rings (SSSR count). The van der Waals surface area contributed by atoms with Crippen molar-refractivity contribution in [1.29, 1.82) is 0 Å². The minimum Gasteiger partial charge on any atom is -0.383 e. The number of hydrogen-bond donors (Lipinski definition) is 1. The number of amides is 2. The Morgan fingerprint density at radius 3 is 2.16 bits per heavy atom. The van der Waals surface area contributed by atoms with E-state index in [2.05, 4.69) is 4.90 Å². The van der Waals surface area contributed by atoms with Gasteiger partial charge in [0, 0.05) is 25.7 Å². The van der Waals surface area contributed by atoms with Crippen LogP contribution in [0.5, 0.6) is 0 Å². The van der Waals surface area contributed by atoms with Gasteiger partial charge in [-0.3, -0.25) is 14.5 Å². The monoisotopic (exact) mass is 431 g/mol. The molecule has 4 aliphatic carbocycles. The predicted octanol–water partition coefficient (Wildman–Crippen LogP) is 2.56. The van der Waals surface area contributed by atoms with Crippen molar-refractivity contribution in [1.82, 2.24) is 9.80 Å². The molecule has 4 fully saturated rings. The number of hydrogen-bond acceptors (Lipinski definition) is 4. The van der Waals surface area contributed by atoms with E-state index >= 15 is 0 Å². The van der Waals surface area contributed by atoms with Crippen molar-refractivity contribution in [3.63, 3.8) is 0 Å². The summed E-state index contributed by atoms with van der Waals surface area (Å²) in [6, 6.07) is 6.44. The first-order valence-electron chi connectivity index (χ1n) is 11.4. The summed E-state index contributed by atoms with van der Waals surface area (Å²) in [5.74, 6) is 1.39. The van der Waals surface area contributed by atoms with Crippen LogP contribution in [0.1, 0.15) is 44.1 Å². The summed E-state index contributed by atoms with van der Waals surface area (Å²) in [7, 11) is 1.60. The molecule has 4 bridgehead atoms. The van der Waals surface area contributed by atoms with Crippen LogP contribution in [0.15, 0.2) is 24.3 Å². The molecule has 1 aromatic rings. The number of primary amides is 1. The van der Waals surface area contributed by atoms with Crippen molar-refractivity contribution in [3.05, 3.63) is 35.6 Å². The zero-order chi connectivity index (χ0) is 22.0. The van der Waals surface area contributed by atoms with Crippen molar-refractivity contribution in [2.24, 2.45) is 23.5 Å². The average molecular weight is 432 g/mol. The number of ether oxygens (including phenoxy) is 1. The standard InChI is InChI=1S/C24H34FN3O3/c1-31-7-6-27(15-22(26)29)16-23(30)28(14-17-2-4-21(25)5-3-17)24-11-18-8-19(12-24)10-20(9-18)13-24/h2-5,18-20H,6-16H2,1H3,(H2,26,29). The summed E-state index contributed by atoms with van der Waals surface area (Å²) < 4.78 is 18.6. The summed E-state index contributed by atoms with van der Waals surface area (Å²) in [5.41, 5.74) is 6.23. The van der Waals surface area contributed by atoms with Gasteiger partial charge >= 0.3 is 0 Å². The van der Waals surface area contributed by atoms with Crippen LogP contribution in [0.3, 0.4) is 0 Å². The van der Waals surface area contributed by atoms with Crippen molar-refractivity contribution in [2.75, 3.05) is 33.4 Å². The predicted molar refractivity (Wildman–Crippen MR) is 115 cm³/mol. The fraction of sp³-hybridized carbons (Fsp3) is 0.667. The second-order valence-corrected chi connectivity index (χ2v) is 9.92. The third-order valence-corrected chi connectivity index (χ3v) is 7.48. The summed E-state index contributed by atoms with van der Waals surface area (Å²) in [6.45, 7) is 1.53. The van der Waals surface area contributed by atoms with Gasteiger partial charge in [0.25, 0.3) is 0 Å². The third-order valence-electron chi connectivity index (χ3n) is 7.48. The molecule has 170 valence electrons. The average Bonchev–Trinajstić information content (AvgIpc) is 2.70. The lowest BCUT2D eigenvalue weighted by Gasteiger charge is -2.60. The molecule has 2 N–H and O–H groups in total. The third kappa shape index (κ3) is 5.09.